The van der Waals surface area contributed by atoms with E-state index in [1.807, 2.05) is 0 Å². The van der Waals surface area contributed by atoms with Crippen LogP contribution in [0.5, 0.6) is 0 Å². The lowest BCUT2D eigenvalue weighted by Crippen LogP contribution is -2.16. The number of Topliss-reactive ketones (excluding diaryl/α,β-unsaturated/α-hetero) is 1. The van der Waals surface area contributed by atoms with Gasteiger partial charge in [-0.1, -0.05) is 12.2 Å². The molecular formula is C12H14O4. The van der Waals surface area contributed by atoms with E-state index in [-0.39, 0.29) is 24.4 Å². The van der Waals surface area contributed by atoms with Gasteiger partial charge in [-0.2, -0.15) is 0 Å². The number of carbonyl (C=O) groups excluding carboxylic acids is 3. The molecule has 0 unspecified atom stereocenters. The first kappa shape index (κ1) is 12.4. The highest BCUT2D eigenvalue weighted by molar-refractivity contribution is 6.26. The molecule has 4 nitrogen and oxygen atoms in total. The minimum Gasteiger partial charge on any atom is -0.466 e. The molecule has 0 bridgehead atoms. The zero-order valence-corrected chi connectivity index (χ0v) is 9.19. The van der Waals surface area contributed by atoms with Crippen molar-refractivity contribution in [2.75, 3.05) is 6.61 Å². The second kappa shape index (κ2) is 6.00. The van der Waals surface area contributed by atoms with Crippen LogP contribution in [0.1, 0.15) is 26.2 Å². The van der Waals surface area contributed by atoms with Crippen molar-refractivity contribution in [2.24, 2.45) is 0 Å². The lowest BCUT2D eigenvalue weighted by molar-refractivity contribution is -0.144. The van der Waals surface area contributed by atoms with E-state index in [0.717, 1.165) is 6.42 Å². The molecule has 0 radical (unpaired) electrons. The Kier molecular flexibility index (Phi) is 4.64. The zero-order valence-electron chi connectivity index (χ0n) is 9.19. The SMILES string of the molecule is CCOC(=O)CC(=O)C1=CCCC=CC1=O. The van der Waals surface area contributed by atoms with Gasteiger partial charge in [-0.05, 0) is 25.8 Å². The Balaban J connectivity index is 2.66. The van der Waals surface area contributed by atoms with Crippen LogP contribution in [0.4, 0.5) is 0 Å². The average molecular weight is 222 g/mol. The van der Waals surface area contributed by atoms with Gasteiger partial charge in [-0.15, -0.1) is 0 Å². The van der Waals surface area contributed by atoms with Gasteiger partial charge in [0.25, 0.3) is 0 Å². The highest BCUT2D eigenvalue weighted by Gasteiger charge is 2.20. The first-order chi connectivity index (χ1) is 7.65. The Morgan fingerprint density at radius 1 is 1.38 bits per heavy atom. The van der Waals surface area contributed by atoms with E-state index in [0.29, 0.717) is 6.42 Å². The van der Waals surface area contributed by atoms with Gasteiger partial charge in [-0.3, -0.25) is 14.4 Å². The molecule has 0 saturated carbocycles. The van der Waals surface area contributed by atoms with Gasteiger partial charge in [0.15, 0.2) is 11.6 Å². The van der Waals surface area contributed by atoms with E-state index >= 15 is 0 Å². The predicted octanol–water partition coefficient (Wildman–Crippen LogP) is 1.35. The fourth-order valence-corrected chi connectivity index (χ4v) is 1.39. The number of ether oxygens (including phenoxy) is 1. The summed E-state index contributed by atoms with van der Waals surface area (Å²) in [6, 6.07) is 0. The summed E-state index contributed by atoms with van der Waals surface area (Å²) in [4.78, 5) is 34.2. The third-order valence-corrected chi connectivity index (χ3v) is 2.13. The van der Waals surface area contributed by atoms with E-state index in [4.69, 9.17) is 0 Å². The van der Waals surface area contributed by atoms with Crippen molar-refractivity contribution >= 4 is 17.5 Å². The minimum absolute atomic E-state index is 0.0989. The van der Waals surface area contributed by atoms with Gasteiger partial charge >= 0.3 is 5.97 Å². The third kappa shape index (κ3) is 3.46. The van der Waals surface area contributed by atoms with Crippen LogP contribution < -0.4 is 0 Å². The molecule has 0 fully saturated rings. The lowest BCUT2D eigenvalue weighted by atomic mass is 10.0. The fraction of sp³-hybridized carbons (Fsp3) is 0.417. The highest BCUT2D eigenvalue weighted by Crippen LogP contribution is 2.11. The molecule has 16 heavy (non-hydrogen) atoms. The molecule has 0 aromatic rings. The molecule has 0 amide bonds. The molecule has 0 aromatic heterocycles. The van der Waals surface area contributed by atoms with E-state index in [2.05, 4.69) is 4.74 Å². The number of ketones is 2. The molecule has 4 heteroatoms. The summed E-state index contributed by atoms with van der Waals surface area (Å²) in [6.45, 7) is 1.90. The number of carbonyl (C=O) groups is 3. The Morgan fingerprint density at radius 2 is 2.12 bits per heavy atom. The summed E-state index contributed by atoms with van der Waals surface area (Å²) in [6.07, 6.45) is 5.71. The van der Waals surface area contributed by atoms with Crippen molar-refractivity contribution in [3.8, 4) is 0 Å². The van der Waals surface area contributed by atoms with Crippen molar-refractivity contribution in [1.82, 2.24) is 0 Å². The Hall–Kier alpha value is -1.71. The standard InChI is InChI=1S/C12H14O4/c1-2-16-12(15)8-11(14)9-6-4-3-5-7-10(9)13/h5-7H,2-4,8H2,1H3. The summed E-state index contributed by atoms with van der Waals surface area (Å²) < 4.78 is 4.65. The van der Waals surface area contributed by atoms with E-state index in [9.17, 15) is 14.4 Å². The molecule has 0 aliphatic heterocycles. The van der Waals surface area contributed by atoms with Crippen LogP contribution in [-0.2, 0) is 19.1 Å². The lowest BCUT2D eigenvalue weighted by Gasteiger charge is -2.02. The number of esters is 1. The second-order valence-corrected chi connectivity index (χ2v) is 3.37. The van der Waals surface area contributed by atoms with Crippen molar-refractivity contribution in [1.29, 1.82) is 0 Å². The first-order valence-corrected chi connectivity index (χ1v) is 5.25. The van der Waals surface area contributed by atoms with Crippen LogP contribution >= 0.6 is 0 Å². The first-order valence-electron chi connectivity index (χ1n) is 5.25. The van der Waals surface area contributed by atoms with Crippen LogP contribution in [0.15, 0.2) is 23.8 Å². The van der Waals surface area contributed by atoms with Crippen LogP contribution in [0.2, 0.25) is 0 Å². The quantitative estimate of drug-likeness (QED) is 0.409. The zero-order chi connectivity index (χ0) is 12.0. The van der Waals surface area contributed by atoms with Crippen LogP contribution in [-0.4, -0.2) is 24.1 Å². The minimum atomic E-state index is -0.588. The molecule has 1 aliphatic carbocycles. The van der Waals surface area contributed by atoms with Crippen molar-refractivity contribution in [2.45, 2.75) is 26.2 Å². The summed E-state index contributed by atoms with van der Waals surface area (Å²) in [5.41, 5.74) is 0.0989. The Morgan fingerprint density at radius 3 is 2.81 bits per heavy atom. The average Bonchev–Trinajstić information content (AvgIpc) is 2.43. The van der Waals surface area contributed by atoms with Crippen molar-refractivity contribution in [3.63, 3.8) is 0 Å². The number of rotatable bonds is 4. The molecule has 0 saturated heterocycles. The highest BCUT2D eigenvalue weighted by atomic mass is 16.5. The molecule has 0 aromatic carbocycles. The van der Waals surface area contributed by atoms with Crippen molar-refractivity contribution in [3.05, 3.63) is 23.8 Å². The summed E-state index contributed by atoms with van der Waals surface area (Å²) in [5, 5.41) is 0. The van der Waals surface area contributed by atoms with E-state index < -0.39 is 11.8 Å². The predicted molar refractivity (Wildman–Crippen MR) is 57.7 cm³/mol. The number of allylic oxidation sites excluding steroid dienone is 4. The van der Waals surface area contributed by atoms with Crippen LogP contribution in [0.25, 0.3) is 0 Å². The Bertz CT molecular complexity index is 363. The molecular weight excluding hydrogens is 208 g/mol. The maximum absolute atomic E-state index is 11.6. The van der Waals surface area contributed by atoms with Gasteiger partial charge in [0.1, 0.15) is 6.42 Å². The normalized spacial score (nSPS) is 15.3. The van der Waals surface area contributed by atoms with Gasteiger partial charge in [-0.25, -0.2) is 0 Å². The summed E-state index contributed by atoms with van der Waals surface area (Å²) in [5.74, 6) is -1.38. The van der Waals surface area contributed by atoms with Gasteiger partial charge in [0.05, 0.1) is 12.2 Å². The van der Waals surface area contributed by atoms with E-state index in [1.54, 1.807) is 19.1 Å². The van der Waals surface area contributed by atoms with Crippen molar-refractivity contribution < 1.29 is 19.1 Å². The van der Waals surface area contributed by atoms with Crippen LogP contribution in [0, 0.1) is 0 Å². The maximum atomic E-state index is 11.6. The fourth-order valence-electron chi connectivity index (χ4n) is 1.39. The molecule has 86 valence electrons. The van der Waals surface area contributed by atoms with Gasteiger partial charge in [0.2, 0.25) is 0 Å². The Labute approximate surface area is 94.0 Å². The monoisotopic (exact) mass is 222 g/mol. The topological polar surface area (TPSA) is 60.4 Å². The number of hydrogen-bond donors (Lipinski definition) is 0. The number of hydrogen-bond acceptors (Lipinski definition) is 4. The summed E-state index contributed by atoms with van der Waals surface area (Å²) >= 11 is 0. The molecule has 0 N–H and O–H groups in total. The molecule has 1 aliphatic rings. The molecule has 0 spiro atoms. The largest absolute Gasteiger partial charge is 0.466 e. The van der Waals surface area contributed by atoms with Gasteiger partial charge in [0, 0.05) is 0 Å². The molecule has 0 atom stereocenters. The second-order valence-electron chi connectivity index (χ2n) is 3.37. The summed E-state index contributed by atoms with van der Waals surface area (Å²) in [7, 11) is 0. The van der Waals surface area contributed by atoms with E-state index in [1.165, 1.54) is 6.08 Å². The molecule has 1 rings (SSSR count). The van der Waals surface area contributed by atoms with Crippen LogP contribution in [0.3, 0.4) is 0 Å². The molecule has 0 heterocycles. The van der Waals surface area contributed by atoms with Gasteiger partial charge < -0.3 is 4.74 Å². The third-order valence-electron chi connectivity index (χ3n) is 2.13. The maximum Gasteiger partial charge on any atom is 0.313 e. The smallest absolute Gasteiger partial charge is 0.313 e.